The normalized spacial score (nSPS) is 31.4. The van der Waals surface area contributed by atoms with Gasteiger partial charge in [0, 0.05) is 6.04 Å². The molecule has 0 saturated heterocycles. The molecule has 78 valence electrons. The third-order valence-electron chi connectivity index (χ3n) is 3.09. The summed E-state index contributed by atoms with van der Waals surface area (Å²) in [5.74, 6) is 0.780. The van der Waals surface area contributed by atoms with Gasteiger partial charge in [-0.05, 0) is 30.6 Å². The number of hydrogen-bond acceptors (Lipinski definition) is 1. The van der Waals surface area contributed by atoms with Gasteiger partial charge in [-0.15, -0.1) is 0 Å². The highest BCUT2D eigenvalue weighted by Gasteiger charge is 2.25. The zero-order valence-corrected chi connectivity index (χ0v) is 9.47. The Morgan fingerprint density at radius 2 is 1.69 bits per heavy atom. The van der Waals surface area contributed by atoms with E-state index in [1.165, 1.54) is 38.5 Å². The van der Waals surface area contributed by atoms with Crippen molar-refractivity contribution in [3.8, 4) is 0 Å². The molecule has 2 atom stereocenters. The Morgan fingerprint density at radius 1 is 1.08 bits per heavy atom. The van der Waals surface area contributed by atoms with Crippen LogP contribution in [0.4, 0.5) is 0 Å². The molecule has 1 nitrogen and oxygen atoms in total. The molecule has 0 aromatic carbocycles. The van der Waals surface area contributed by atoms with Crippen molar-refractivity contribution in [2.75, 3.05) is 0 Å². The molecule has 1 heteroatoms. The molecular weight excluding hydrogens is 158 g/mol. The summed E-state index contributed by atoms with van der Waals surface area (Å²) >= 11 is 0. The van der Waals surface area contributed by atoms with E-state index in [1.54, 1.807) is 0 Å². The molecule has 1 aliphatic carbocycles. The van der Waals surface area contributed by atoms with Crippen LogP contribution in [-0.2, 0) is 0 Å². The molecule has 0 aromatic heterocycles. The van der Waals surface area contributed by atoms with Gasteiger partial charge in [0.25, 0.3) is 0 Å². The molecular formula is C12H25N. The van der Waals surface area contributed by atoms with E-state index >= 15 is 0 Å². The highest BCUT2D eigenvalue weighted by atomic mass is 14.7. The predicted molar refractivity (Wildman–Crippen MR) is 58.6 cm³/mol. The molecule has 1 rings (SSSR count). The van der Waals surface area contributed by atoms with Gasteiger partial charge in [0.05, 0.1) is 0 Å². The fraction of sp³-hybridized carbons (Fsp3) is 1.00. The van der Waals surface area contributed by atoms with Crippen molar-refractivity contribution >= 4 is 0 Å². The Kier molecular flexibility index (Phi) is 3.78. The van der Waals surface area contributed by atoms with Gasteiger partial charge in [-0.2, -0.15) is 0 Å². The highest BCUT2D eigenvalue weighted by molar-refractivity contribution is 4.80. The largest absolute Gasteiger partial charge is 0.327 e. The van der Waals surface area contributed by atoms with E-state index in [9.17, 15) is 0 Å². The second-order valence-corrected chi connectivity index (χ2v) is 5.83. The molecule has 2 N–H and O–H groups in total. The van der Waals surface area contributed by atoms with E-state index in [0.717, 1.165) is 5.92 Å². The van der Waals surface area contributed by atoms with E-state index in [2.05, 4.69) is 20.8 Å². The van der Waals surface area contributed by atoms with E-state index in [1.807, 2.05) is 0 Å². The van der Waals surface area contributed by atoms with E-state index in [4.69, 9.17) is 5.73 Å². The average Bonchev–Trinajstić information content (AvgIpc) is 2.14. The summed E-state index contributed by atoms with van der Waals surface area (Å²) in [7, 11) is 0. The lowest BCUT2D eigenvalue weighted by Crippen LogP contribution is -2.31. The van der Waals surface area contributed by atoms with Gasteiger partial charge in [-0.25, -0.2) is 0 Å². The predicted octanol–water partition coefficient (Wildman–Crippen LogP) is 3.33. The topological polar surface area (TPSA) is 26.0 Å². The number of nitrogens with two attached hydrogens (primary N) is 1. The minimum Gasteiger partial charge on any atom is -0.327 e. The van der Waals surface area contributed by atoms with Crippen LogP contribution in [0.2, 0.25) is 0 Å². The lowest BCUT2D eigenvalue weighted by Gasteiger charge is -2.28. The zero-order valence-electron chi connectivity index (χ0n) is 9.47. The fourth-order valence-corrected chi connectivity index (χ4v) is 2.45. The van der Waals surface area contributed by atoms with Crippen LogP contribution in [0.5, 0.6) is 0 Å². The minimum atomic E-state index is 0.451. The lowest BCUT2D eigenvalue weighted by atomic mass is 9.79. The van der Waals surface area contributed by atoms with E-state index in [-0.39, 0.29) is 0 Å². The maximum Gasteiger partial charge on any atom is 0.00673 e. The first kappa shape index (κ1) is 11.0. The molecule has 13 heavy (non-hydrogen) atoms. The van der Waals surface area contributed by atoms with Gasteiger partial charge in [-0.1, -0.05) is 40.0 Å². The van der Waals surface area contributed by atoms with Crippen LogP contribution in [-0.4, -0.2) is 6.04 Å². The molecule has 1 aliphatic rings. The quantitative estimate of drug-likeness (QED) is 0.620. The van der Waals surface area contributed by atoms with Crippen LogP contribution in [0, 0.1) is 11.3 Å². The van der Waals surface area contributed by atoms with Gasteiger partial charge < -0.3 is 5.73 Å². The van der Waals surface area contributed by atoms with Crippen molar-refractivity contribution in [2.24, 2.45) is 17.1 Å². The molecule has 1 fully saturated rings. The second-order valence-electron chi connectivity index (χ2n) is 5.83. The van der Waals surface area contributed by atoms with Crippen LogP contribution in [0.1, 0.15) is 59.3 Å². The van der Waals surface area contributed by atoms with Crippen molar-refractivity contribution in [2.45, 2.75) is 65.3 Å². The van der Waals surface area contributed by atoms with Crippen molar-refractivity contribution in [3.05, 3.63) is 0 Å². The molecule has 0 heterocycles. The molecule has 0 unspecified atom stereocenters. The summed E-state index contributed by atoms with van der Waals surface area (Å²) < 4.78 is 0. The van der Waals surface area contributed by atoms with Crippen LogP contribution < -0.4 is 5.73 Å². The first-order valence-corrected chi connectivity index (χ1v) is 5.74. The monoisotopic (exact) mass is 183 g/mol. The van der Waals surface area contributed by atoms with Crippen molar-refractivity contribution in [1.29, 1.82) is 0 Å². The number of rotatable bonds is 1. The van der Waals surface area contributed by atoms with Crippen LogP contribution in [0.3, 0.4) is 0 Å². The Hall–Kier alpha value is -0.0400. The zero-order chi connectivity index (χ0) is 9.90. The van der Waals surface area contributed by atoms with Gasteiger partial charge >= 0.3 is 0 Å². The third-order valence-corrected chi connectivity index (χ3v) is 3.09. The van der Waals surface area contributed by atoms with Crippen LogP contribution in [0.15, 0.2) is 0 Å². The highest BCUT2D eigenvalue weighted by Crippen LogP contribution is 2.32. The molecule has 0 bridgehead atoms. The smallest absolute Gasteiger partial charge is 0.00673 e. The summed E-state index contributed by atoms with van der Waals surface area (Å²) in [5.41, 5.74) is 6.64. The van der Waals surface area contributed by atoms with Gasteiger partial charge in [0.15, 0.2) is 0 Å². The average molecular weight is 183 g/mol. The summed E-state index contributed by atoms with van der Waals surface area (Å²) in [4.78, 5) is 0. The summed E-state index contributed by atoms with van der Waals surface area (Å²) in [6.07, 6.45) is 8.05. The fourth-order valence-electron chi connectivity index (χ4n) is 2.45. The lowest BCUT2D eigenvalue weighted by molar-refractivity contribution is 0.251. The van der Waals surface area contributed by atoms with Crippen LogP contribution in [0.25, 0.3) is 0 Å². The first-order valence-electron chi connectivity index (χ1n) is 5.74. The Morgan fingerprint density at radius 3 is 2.31 bits per heavy atom. The summed E-state index contributed by atoms with van der Waals surface area (Å²) in [6.45, 7) is 6.97. The van der Waals surface area contributed by atoms with Gasteiger partial charge in [-0.3, -0.25) is 0 Å². The molecule has 0 spiro atoms. The van der Waals surface area contributed by atoms with Gasteiger partial charge in [0.1, 0.15) is 0 Å². The summed E-state index contributed by atoms with van der Waals surface area (Å²) in [5, 5.41) is 0. The molecule has 0 radical (unpaired) electrons. The first-order chi connectivity index (χ1) is 5.99. The van der Waals surface area contributed by atoms with Gasteiger partial charge in [0.2, 0.25) is 0 Å². The van der Waals surface area contributed by atoms with Crippen molar-refractivity contribution in [1.82, 2.24) is 0 Å². The maximum atomic E-state index is 6.19. The van der Waals surface area contributed by atoms with Crippen molar-refractivity contribution in [3.63, 3.8) is 0 Å². The van der Waals surface area contributed by atoms with E-state index < -0.39 is 0 Å². The SMILES string of the molecule is CC(C)(C)C[C@@H]1CCCCC[C@@H]1N. The maximum absolute atomic E-state index is 6.19. The minimum absolute atomic E-state index is 0.451. The number of hydrogen-bond donors (Lipinski definition) is 1. The van der Waals surface area contributed by atoms with Crippen molar-refractivity contribution < 1.29 is 0 Å². The summed E-state index contributed by atoms with van der Waals surface area (Å²) in [6, 6.07) is 0.474. The molecule has 0 aliphatic heterocycles. The third kappa shape index (κ3) is 4.12. The molecule has 0 aromatic rings. The van der Waals surface area contributed by atoms with E-state index in [0.29, 0.717) is 11.5 Å². The Bertz CT molecular complexity index is 146. The Balaban J connectivity index is 2.45. The standard InChI is InChI=1S/C12H25N/c1-12(2,3)9-10-7-5-4-6-8-11(10)13/h10-11H,4-9,13H2,1-3H3/t10-,11-/m0/s1. The molecule has 1 saturated carbocycles. The second kappa shape index (κ2) is 4.45. The Labute approximate surface area is 83.1 Å². The van der Waals surface area contributed by atoms with Crippen LogP contribution >= 0.6 is 0 Å². The molecule has 0 amide bonds.